The van der Waals surface area contributed by atoms with Gasteiger partial charge >= 0.3 is 0 Å². The molecule has 3 heteroatoms. The maximum Gasteiger partial charge on any atom is 0.122 e. The van der Waals surface area contributed by atoms with E-state index in [1.165, 1.54) is 11.1 Å². The standard InChI is InChI=1S/C10H14O2.C9H12O/c1-7-5-10(12-4)8(2)6-9(7)11-3;1-7-4-5-9(10-3)8(2)6-7/h5-6H,1-4H3;4-6H,1-3H3. The van der Waals surface area contributed by atoms with Crippen LogP contribution in [0.4, 0.5) is 0 Å². The first-order chi connectivity index (χ1) is 10.4. The van der Waals surface area contributed by atoms with E-state index in [-0.39, 0.29) is 0 Å². The quantitative estimate of drug-likeness (QED) is 0.827. The second-order valence-corrected chi connectivity index (χ2v) is 5.26. The van der Waals surface area contributed by atoms with Crippen molar-refractivity contribution in [2.45, 2.75) is 27.7 Å². The molecule has 120 valence electrons. The lowest BCUT2D eigenvalue weighted by molar-refractivity contribution is 0.398. The van der Waals surface area contributed by atoms with Crippen LogP contribution in [-0.4, -0.2) is 21.3 Å². The predicted octanol–water partition coefficient (Wildman–Crippen LogP) is 4.63. The Balaban J connectivity index is 0.000000224. The van der Waals surface area contributed by atoms with Crippen molar-refractivity contribution in [1.29, 1.82) is 0 Å². The van der Waals surface area contributed by atoms with Gasteiger partial charge in [0.15, 0.2) is 0 Å². The number of hydrogen-bond acceptors (Lipinski definition) is 3. The summed E-state index contributed by atoms with van der Waals surface area (Å²) < 4.78 is 15.4. The van der Waals surface area contributed by atoms with Crippen molar-refractivity contribution in [2.75, 3.05) is 21.3 Å². The van der Waals surface area contributed by atoms with Gasteiger partial charge in [0.1, 0.15) is 17.2 Å². The number of rotatable bonds is 3. The first kappa shape index (κ1) is 17.9. The monoisotopic (exact) mass is 302 g/mol. The van der Waals surface area contributed by atoms with Crippen LogP contribution >= 0.6 is 0 Å². The molecule has 0 N–H and O–H groups in total. The molecular formula is C19H26O3. The van der Waals surface area contributed by atoms with Gasteiger partial charge in [0.25, 0.3) is 0 Å². The highest BCUT2D eigenvalue weighted by atomic mass is 16.5. The second-order valence-electron chi connectivity index (χ2n) is 5.26. The van der Waals surface area contributed by atoms with Crippen LogP contribution in [0.25, 0.3) is 0 Å². The Hall–Kier alpha value is -2.16. The Bertz CT molecular complexity index is 589. The molecule has 2 aromatic carbocycles. The summed E-state index contributed by atoms with van der Waals surface area (Å²) >= 11 is 0. The molecule has 0 fully saturated rings. The van der Waals surface area contributed by atoms with Gasteiger partial charge in [-0.1, -0.05) is 17.7 Å². The van der Waals surface area contributed by atoms with Crippen LogP contribution in [0.2, 0.25) is 0 Å². The van der Waals surface area contributed by atoms with Crippen molar-refractivity contribution in [2.24, 2.45) is 0 Å². The fraction of sp³-hybridized carbons (Fsp3) is 0.368. The fourth-order valence-corrected chi connectivity index (χ4v) is 2.23. The summed E-state index contributed by atoms with van der Waals surface area (Å²) in [5.74, 6) is 2.78. The van der Waals surface area contributed by atoms with E-state index in [0.717, 1.165) is 28.4 Å². The smallest absolute Gasteiger partial charge is 0.122 e. The van der Waals surface area contributed by atoms with Gasteiger partial charge in [-0.25, -0.2) is 0 Å². The SMILES string of the molecule is COc1cc(C)c(OC)cc1C.COc1ccc(C)cc1C. The van der Waals surface area contributed by atoms with Crippen molar-refractivity contribution < 1.29 is 14.2 Å². The minimum atomic E-state index is 0.910. The normalized spacial score (nSPS) is 9.59. The first-order valence-corrected chi connectivity index (χ1v) is 7.23. The first-order valence-electron chi connectivity index (χ1n) is 7.23. The second kappa shape index (κ2) is 8.32. The number of methoxy groups -OCH3 is 3. The van der Waals surface area contributed by atoms with Crippen LogP contribution in [-0.2, 0) is 0 Å². The molecule has 0 unspecified atom stereocenters. The van der Waals surface area contributed by atoms with E-state index in [2.05, 4.69) is 13.0 Å². The average Bonchev–Trinajstić information content (AvgIpc) is 2.50. The van der Waals surface area contributed by atoms with E-state index in [4.69, 9.17) is 14.2 Å². The lowest BCUT2D eigenvalue weighted by atomic mass is 10.1. The summed E-state index contributed by atoms with van der Waals surface area (Å²) in [6, 6.07) is 10.1. The third kappa shape index (κ3) is 4.69. The molecule has 22 heavy (non-hydrogen) atoms. The van der Waals surface area contributed by atoms with E-state index >= 15 is 0 Å². The van der Waals surface area contributed by atoms with Crippen LogP contribution in [0.5, 0.6) is 17.2 Å². The molecule has 0 heterocycles. The Morgan fingerprint density at radius 2 is 0.955 bits per heavy atom. The molecule has 0 aromatic heterocycles. The molecule has 2 rings (SSSR count). The van der Waals surface area contributed by atoms with Gasteiger partial charge in [-0.05, 0) is 62.6 Å². The Labute approximate surface area is 133 Å². The van der Waals surface area contributed by atoms with Crippen molar-refractivity contribution in [3.63, 3.8) is 0 Å². The fourth-order valence-electron chi connectivity index (χ4n) is 2.23. The maximum atomic E-state index is 5.17. The molecule has 0 aliphatic heterocycles. The molecule has 0 atom stereocenters. The summed E-state index contributed by atoms with van der Waals surface area (Å²) in [5.41, 5.74) is 4.67. The number of hydrogen-bond donors (Lipinski definition) is 0. The molecule has 0 spiro atoms. The highest BCUT2D eigenvalue weighted by molar-refractivity contribution is 5.45. The number of benzene rings is 2. The van der Waals surface area contributed by atoms with Gasteiger partial charge in [-0.15, -0.1) is 0 Å². The molecule has 0 saturated carbocycles. The molecular weight excluding hydrogens is 276 g/mol. The van der Waals surface area contributed by atoms with Crippen molar-refractivity contribution >= 4 is 0 Å². The summed E-state index contributed by atoms with van der Waals surface area (Å²) in [4.78, 5) is 0. The molecule has 0 aliphatic rings. The molecule has 0 bridgehead atoms. The molecule has 2 aromatic rings. The third-order valence-electron chi connectivity index (χ3n) is 3.46. The van der Waals surface area contributed by atoms with Gasteiger partial charge in [0.2, 0.25) is 0 Å². The van der Waals surface area contributed by atoms with Gasteiger partial charge in [-0.2, -0.15) is 0 Å². The zero-order valence-corrected chi connectivity index (χ0v) is 14.6. The van der Waals surface area contributed by atoms with Crippen molar-refractivity contribution in [3.8, 4) is 17.2 Å². The van der Waals surface area contributed by atoms with E-state index < -0.39 is 0 Å². The van der Waals surface area contributed by atoms with Crippen LogP contribution < -0.4 is 14.2 Å². The molecule has 0 aliphatic carbocycles. The molecule has 0 amide bonds. The summed E-state index contributed by atoms with van der Waals surface area (Å²) in [7, 11) is 5.04. The van der Waals surface area contributed by atoms with Crippen LogP contribution in [0.15, 0.2) is 30.3 Å². The van der Waals surface area contributed by atoms with E-state index in [0.29, 0.717) is 0 Å². The van der Waals surface area contributed by atoms with E-state index in [1.807, 2.05) is 45.0 Å². The minimum Gasteiger partial charge on any atom is -0.496 e. The van der Waals surface area contributed by atoms with Crippen molar-refractivity contribution in [1.82, 2.24) is 0 Å². The van der Waals surface area contributed by atoms with Crippen LogP contribution in [0.1, 0.15) is 22.3 Å². The Kier molecular flexibility index (Phi) is 6.77. The lowest BCUT2D eigenvalue weighted by Crippen LogP contribution is -1.92. The van der Waals surface area contributed by atoms with Crippen molar-refractivity contribution in [3.05, 3.63) is 52.6 Å². The highest BCUT2D eigenvalue weighted by Crippen LogP contribution is 2.27. The average molecular weight is 302 g/mol. The lowest BCUT2D eigenvalue weighted by Gasteiger charge is -2.09. The molecule has 0 radical (unpaired) electrons. The number of ether oxygens (including phenoxy) is 3. The predicted molar refractivity (Wildman–Crippen MR) is 91.5 cm³/mol. The van der Waals surface area contributed by atoms with E-state index in [1.54, 1.807) is 21.3 Å². The van der Waals surface area contributed by atoms with Gasteiger partial charge in [0, 0.05) is 0 Å². The minimum absolute atomic E-state index is 0.910. The maximum absolute atomic E-state index is 5.17. The zero-order valence-electron chi connectivity index (χ0n) is 14.6. The third-order valence-corrected chi connectivity index (χ3v) is 3.46. The Morgan fingerprint density at radius 1 is 0.545 bits per heavy atom. The summed E-state index contributed by atoms with van der Waals surface area (Å²) in [5, 5.41) is 0. The summed E-state index contributed by atoms with van der Waals surface area (Å²) in [6.45, 7) is 8.12. The largest absolute Gasteiger partial charge is 0.496 e. The van der Waals surface area contributed by atoms with Gasteiger partial charge in [0.05, 0.1) is 21.3 Å². The van der Waals surface area contributed by atoms with Crippen LogP contribution in [0, 0.1) is 27.7 Å². The number of aryl methyl sites for hydroxylation is 4. The van der Waals surface area contributed by atoms with Crippen LogP contribution in [0.3, 0.4) is 0 Å². The van der Waals surface area contributed by atoms with E-state index in [9.17, 15) is 0 Å². The van der Waals surface area contributed by atoms with Gasteiger partial charge < -0.3 is 14.2 Å². The summed E-state index contributed by atoms with van der Waals surface area (Å²) in [6.07, 6.45) is 0. The molecule has 0 saturated heterocycles. The van der Waals surface area contributed by atoms with Gasteiger partial charge in [-0.3, -0.25) is 0 Å². The topological polar surface area (TPSA) is 27.7 Å². The zero-order chi connectivity index (χ0) is 16.7. The highest BCUT2D eigenvalue weighted by Gasteiger charge is 2.03. The molecule has 3 nitrogen and oxygen atoms in total. The Morgan fingerprint density at radius 3 is 1.32 bits per heavy atom.